The Morgan fingerprint density at radius 1 is 1.16 bits per heavy atom. The minimum absolute atomic E-state index is 0.0798. The van der Waals surface area contributed by atoms with Gasteiger partial charge in [0.1, 0.15) is 5.82 Å². The molecule has 7 heteroatoms. The van der Waals surface area contributed by atoms with Crippen LogP contribution in [0.3, 0.4) is 0 Å². The van der Waals surface area contributed by atoms with Gasteiger partial charge in [0.2, 0.25) is 5.91 Å². The molecule has 0 bridgehead atoms. The lowest BCUT2D eigenvalue weighted by Crippen LogP contribution is -2.48. The third kappa shape index (κ3) is 4.22. The summed E-state index contributed by atoms with van der Waals surface area (Å²) in [4.78, 5) is 14.4. The highest BCUT2D eigenvalue weighted by Gasteiger charge is 2.26. The highest BCUT2D eigenvalue weighted by Crippen LogP contribution is 2.23. The summed E-state index contributed by atoms with van der Waals surface area (Å²) in [6.07, 6.45) is 0.160. The first-order valence-electron chi connectivity index (χ1n) is 8.49. The number of ether oxygens (including phenoxy) is 1. The van der Waals surface area contributed by atoms with Crippen molar-refractivity contribution in [3.63, 3.8) is 0 Å². The molecule has 1 fully saturated rings. The Morgan fingerprint density at radius 2 is 1.80 bits per heavy atom. The van der Waals surface area contributed by atoms with Crippen molar-refractivity contribution in [1.29, 1.82) is 0 Å². The molecule has 1 aromatic heterocycles. The summed E-state index contributed by atoms with van der Waals surface area (Å²) in [5, 5.41) is 9.16. The average molecular weight is 360 g/mol. The molecule has 0 unspecified atom stereocenters. The second kappa shape index (κ2) is 7.58. The monoisotopic (exact) mass is 360 g/mol. The number of rotatable bonds is 4. The van der Waals surface area contributed by atoms with Crippen molar-refractivity contribution in [1.82, 2.24) is 19.7 Å². The van der Waals surface area contributed by atoms with Crippen LogP contribution in [0.2, 0.25) is 0 Å². The third-order valence-corrected chi connectivity index (χ3v) is 5.10. The Kier molecular flexibility index (Phi) is 5.44. The van der Waals surface area contributed by atoms with Crippen LogP contribution < -0.4 is 0 Å². The zero-order chi connectivity index (χ0) is 18.0. The van der Waals surface area contributed by atoms with E-state index in [9.17, 15) is 4.79 Å². The largest absolute Gasteiger partial charge is 0.372 e. The molecular weight excluding hydrogens is 336 g/mol. The van der Waals surface area contributed by atoms with Crippen molar-refractivity contribution in [2.75, 3.05) is 18.8 Å². The first-order chi connectivity index (χ1) is 11.9. The predicted octanol–water partition coefficient (Wildman–Crippen LogP) is 2.61. The van der Waals surface area contributed by atoms with Gasteiger partial charge in [-0.25, -0.2) is 0 Å². The van der Waals surface area contributed by atoms with Gasteiger partial charge in [0.05, 0.1) is 18.0 Å². The molecule has 0 N–H and O–H groups in total. The molecule has 2 heterocycles. The molecule has 1 saturated heterocycles. The zero-order valence-corrected chi connectivity index (χ0v) is 15.9. The summed E-state index contributed by atoms with van der Waals surface area (Å²) in [5.41, 5.74) is 2.21. The molecule has 6 nitrogen and oxygen atoms in total. The molecule has 0 radical (unpaired) electrons. The number of hydrogen-bond acceptors (Lipinski definition) is 5. The van der Waals surface area contributed by atoms with Crippen molar-refractivity contribution in [2.24, 2.45) is 0 Å². The van der Waals surface area contributed by atoms with E-state index < -0.39 is 0 Å². The lowest BCUT2D eigenvalue weighted by Gasteiger charge is -2.35. The SMILES string of the molecule is Cc1ccc(-n2c(C)nnc2SCC(=O)N2C[C@@H](C)O[C@@H](C)C2)cc1. The van der Waals surface area contributed by atoms with Gasteiger partial charge >= 0.3 is 0 Å². The molecule has 134 valence electrons. The number of carbonyl (C=O) groups is 1. The van der Waals surface area contributed by atoms with Gasteiger partial charge < -0.3 is 9.64 Å². The summed E-state index contributed by atoms with van der Waals surface area (Å²) in [6, 6.07) is 8.21. The van der Waals surface area contributed by atoms with Crippen LogP contribution in [0.1, 0.15) is 25.2 Å². The second-order valence-electron chi connectivity index (χ2n) is 6.55. The quantitative estimate of drug-likeness (QED) is 0.785. The Labute approximate surface area is 152 Å². The Bertz CT molecular complexity index is 734. The third-order valence-electron chi connectivity index (χ3n) is 4.18. The number of carbonyl (C=O) groups excluding carboxylic acids is 1. The fourth-order valence-corrected chi connectivity index (χ4v) is 3.93. The number of benzene rings is 1. The standard InChI is InChI=1S/C18H24N4O2S/c1-12-5-7-16(8-6-12)22-15(4)19-20-18(22)25-11-17(23)21-9-13(2)24-14(3)10-21/h5-8,13-14H,9-11H2,1-4H3/t13-,14+. The molecule has 25 heavy (non-hydrogen) atoms. The summed E-state index contributed by atoms with van der Waals surface area (Å²) in [7, 11) is 0. The van der Waals surface area contributed by atoms with Crippen LogP contribution in [-0.4, -0.2) is 56.6 Å². The highest BCUT2D eigenvalue weighted by molar-refractivity contribution is 7.99. The molecule has 1 aliphatic rings. The Hall–Kier alpha value is -1.86. The predicted molar refractivity (Wildman–Crippen MR) is 98.1 cm³/mol. The minimum Gasteiger partial charge on any atom is -0.372 e. The van der Waals surface area contributed by atoms with Crippen molar-refractivity contribution in [3.8, 4) is 5.69 Å². The number of amides is 1. The number of nitrogens with zero attached hydrogens (tertiary/aromatic N) is 4. The molecule has 2 aromatic rings. The van der Waals surface area contributed by atoms with E-state index in [1.54, 1.807) is 0 Å². The van der Waals surface area contributed by atoms with Crippen molar-refractivity contribution >= 4 is 17.7 Å². The lowest BCUT2D eigenvalue weighted by atomic mass is 10.2. The summed E-state index contributed by atoms with van der Waals surface area (Å²) < 4.78 is 7.68. The molecule has 3 rings (SSSR count). The van der Waals surface area contributed by atoms with Gasteiger partial charge in [-0.2, -0.15) is 0 Å². The fourth-order valence-electron chi connectivity index (χ4n) is 3.03. The molecule has 0 aliphatic carbocycles. The maximum atomic E-state index is 12.6. The normalized spacial score (nSPS) is 20.7. The van der Waals surface area contributed by atoms with Gasteiger partial charge in [-0.15, -0.1) is 10.2 Å². The summed E-state index contributed by atoms with van der Waals surface area (Å²) >= 11 is 1.43. The number of hydrogen-bond donors (Lipinski definition) is 0. The molecule has 1 aromatic carbocycles. The van der Waals surface area contributed by atoms with Gasteiger partial charge in [0.25, 0.3) is 0 Å². The van der Waals surface area contributed by atoms with Crippen molar-refractivity contribution in [3.05, 3.63) is 35.7 Å². The van der Waals surface area contributed by atoms with E-state index >= 15 is 0 Å². The number of morpholine rings is 1. The first-order valence-corrected chi connectivity index (χ1v) is 9.47. The van der Waals surface area contributed by atoms with E-state index in [-0.39, 0.29) is 18.1 Å². The number of aryl methyl sites for hydroxylation is 2. The van der Waals surface area contributed by atoms with E-state index in [0.29, 0.717) is 18.8 Å². The lowest BCUT2D eigenvalue weighted by molar-refractivity contribution is -0.140. The van der Waals surface area contributed by atoms with Crippen LogP contribution in [0, 0.1) is 13.8 Å². The minimum atomic E-state index is 0.0798. The molecule has 0 saturated carbocycles. The summed E-state index contributed by atoms with van der Waals surface area (Å²) in [5.74, 6) is 1.28. The Balaban J connectivity index is 1.70. The maximum absolute atomic E-state index is 12.6. The van der Waals surface area contributed by atoms with Crippen LogP contribution in [0.5, 0.6) is 0 Å². The van der Waals surface area contributed by atoms with E-state index in [1.807, 2.05) is 42.4 Å². The molecule has 1 amide bonds. The molecular formula is C18H24N4O2S. The van der Waals surface area contributed by atoms with Gasteiger partial charge in [0.15, 0.2) is 5.16 Å². The van der Waals surface area contributed by atoms with Crippen LogP contribution in [-0.2, 0) is 9.53 Å². The van der Waals surface area contributed by atoms with Crippen LogP contribution >= 0.6 is 11.8 Å². The smallest absolute Gasteiger partial charge is 0.233 e. The van der Waals surface area contributed by atoms with Gasteiger partial charge in [0, 0.05) is 18.8 Å². The topological polar surface area (TPSA) is 60.2 Å². The van der Waals surface area contributed by atoms with Crippen LogP contribution in [0.15, 0.2) is 29.4 Å². The summed E-state index contributed by atoms with van der Waals surface area (Å²) in [6.45, 7) is 9.27. The number of aromatic nitrogens is 3. The Morgan fingerprint density at radius 3 is 2.44 bits per heavy atom. The van der Waals surface area contributed by atoms with E-state index in [1.165, 1.54) is 17.3 Å². The maximum Gasteiger partial charge on any atom is 0.233 e. The van der Waals surface area contributed by atoms with E-state index in [0.717, 1.165) is 16.7 Å². The fraction of sp³-hybridized carbons (Fsp3) is 0.500. The van der Waals surface area contributed by atoms with Crippen molar-refractivity contribution < 1.29 is 9.53 Å². The number of thioether (sulfide) groups is 1. The van der Waals surface area contributed by atoms with Crippen LogP contribution in [0.4, 0.5) is 0 Å². The highest BCUT2D eigenvalue weighted by atomic mass is 32.2. The van der Waals surface area contributed by atoms with E-state index in [4.69, 9.17) is 4.74 Å². The first kappa shape index (κ1) is 17.9. The molecule has 0 spiro atoms. The van der Waals surface area contributed by atoms with Gasteiger partial charge in [-0.1, -0.05) is 29.5 Å². The zero-order valence-electron chi connectivity index (χ0n) is 15.1. The van der Waals surface area contributed by atoms with Crippen molar-refractivity contribution in [2.45, 2.75) is 45.1 Å². The van der Waals surface area contributed by atoms with E-state index in [2.05, 4.69) is 29.3 Å². The average Bonchev–Trinajstić information content (AvgIpc) is 2.93. The molecule has 2 atom stereocenters. The van der Waals surface area contributed by atoms with Gasteiger partial charge in [-0.05, 0) is 39.8 Å². The molecule has 1 aliphatic heterocycles. The van der Waals surface area contributed by atoms with Crippen LogP contribution in [0.25, 0.3) is 5.69 Å². The van der Waals surface area contributed by atoms with Gasteiger partial charge in [-0.3, -0.25) is 9.36 Å². The second-order valence-corrected chi connectivity index (χ2v) is 7.49.